The van der Waals surface area contributed by atoms with Gasteiger partial charge >= 0.3 is 6.09 Å². The number of oxime groups is 1. The molecule has 1 N–H and O–H groups in total. The van der Waals surface area contributed by atoms with Crippen LogP contribution in [0.4, 0.5) is 4.79 Å². The van der Waals surface area contributed by atoms with Crippen molar-refractivity contribution < 1.29 is 19.2 Å². The Balaban J connectivity index is 1.67. The maximum atomic E-state index is 11.9. The predicted molar refractivity (Wildman–Crippen MR) is 92.2 cm³/mol. The first kappa shape index (κ1) is 18.3. The van der Waals surface area contributed by atoms with Crippen molar-refractivity contribution in [3.8, 4) is 0 Å². The first-order chi connectivity index (χ1) is 11.6. The van der Waals surface area contributed by atoms with Gasteiger partial charge in [-0.1, -0.05) is 11.2 Å². The molecular formula is C16H23N3O4S. The summed E-state index contributed by atoms with van der Waals surface area (Å²) < 4.78 is 4.97. The number of thiophene rings is 1. The number of amides is 2. The quantitative estimate of drug-likeness (QED) is 0.628. The van der Waals surface area contributed by atoms with E-state index in [4.69, 9.17) is 9.57 Å². The van der Waals surface area contributed by atoms with Crippen LogP contribution < -0.4 is 5.32 Å². The summed E-state index contributed by atoms with van der Waals surface area (Å²) in [6.07, 6.45) is 1.13. The van der Waals surface area contributed by atoms with Gasteiger partial charge < -0.3 is 19.8 Å². The molecule has 0 aliphatic carbocycles. The predicted octanol–water partition coefficient (Wildman–Crippen LogP) is 2.23. The third-order valence-corrected chi connectivity index (χ3v) is 4.64. The van der Waals surface area contributed by atoms with Gasteiger partial charge in [0.1, 0.15) is 0 Å². The first-order valence-electron chi connectivity index (χ1n) is 8.01. The smallest absolute Gasteiger partial charge is 0.409 e. The van der Waals surface area contributed by atoms with Crippen molar-refractivity contribution in [3.63, 3.8) is 0 Å². The van der Waals surface area contributed by atoms with E-state index in [1.165, 1.54) is 0 Å². The van der Waals surface area contributed by atoms with Crippen molar-refractivity contribution in [2.75, 3.05) is 26.3 Å². The normalized spacial score (nSPS) is 15.9. The molecule has 132 valence electrons. The molecule has 0 aromatic carbocycles. The second kappa shape index (κ2) is 9.27. The summed E-state index contributed by atoms with van der Waals surface area (Å²) in [4.78, 5) is 31.3. The van der Waals surface area contributed by atoms with Gasteiger partial charge in [-0.05, 0) is 38.1 Å². The Morgan fingerprint density at radius 1 is 1.42 bits per heavy atom. The molecule has 0 spiro atoms. The summed E-state index contributed by atoms with van der Waals surface area (Å²) in [6, 6.07) is 3.94. The largest absolute Gasteiger partial charge is 0.450 e. The van der Waals surface area contributed by atoms with Gasteiger partial charge in [-0.15, -0.1) is 11.3 Å². The van der Waals surface area contributed by atoms with Crippen LogP contribution in [0.2, 0.25) is 0 Å². The maximum Gasteiger partial charge on any atom is 0.409 e. The van der Waals surface area contributed by atoms with Crippen LogP contribution in [-0.4, -0.2) is 55.0 Å². The zero-order valence-electron chi connectivity index (χ0n) is 14.0. The number of piperidine rings is 1. The molecule has 1 aliphatic heterocycles. The summed E-state index contributed by atoms with van der Waals surface area (Å²) in [7, 11) is 0. The van der Waals surface area contributed by atoms with Crippen molar-refractivity contribution in [2.24, 2.45) is 5.16 Å². The molecule has 7 nitrogen and oxygen atoms in total. The highest BCUT2D eigenvalue weighted by molar-refractivity contribution is 7.12. The van der Waals surface area contributed by atoms with Crippen molar-refractivity contribution in [1.29, 1.82) is 0 Å². The first-order valence-corrected chi connectivity index (χ1v) is 8.89. The SMILES string of the molecule is CCOC(=O)N1CCC(NC(=O)CO/N=C(/C)c2cccs2)CC1. The average molecular weight is 353 g/mol. The lowest BCUT2D eigenvalue weighted by Crippen LogP contribution is -2.47. The van der Waals surface area contributed by atoms with Gasteiger partial charge in [0, 0.05) is 19.1 Å². The van der Waals surface area contributed by atoms with E-state index in [0.29, 0.717) is 32.5 Å². The molecule has 2 heterocycles. The zero-order chi connectivity index (χ0) is 17.4. The Bertz CT molecular complexity index is 566. The number of carbonyl (C=O) groups is 2. The highest BCUT2D eigenvalue weighted by atomic mass is 32.1. The van der Waals surface area contributed by atoms with E-state index in [1.54, 1.807) is 23.2 Å². The van der Waals surface area contributed by atoms with E-state index in [-0.39, 0.29) is 24.6 Å². The summed E-state index contributed by atoms with van der Waals surface area (Å²) in [6.45, 7) is 5.06. The molecular weight excluding hydrogens is 330 g/mol. The Morgan fingerprint density at radius 2 is 2.17 bits per heavy atom. The van der Waals surface area contributed by atoms with Gasteiger partial charge in [0.25, 0.3) is 5.91 Å². The average Bonchev–Trinajstić information content (AvgIpc) is 3.10. The fourth-order valence-corrected chi connectivity index (χ4v) is 3.08. The minimum absolute atomic E-state index is 0.0501. The summed E-state index contributed by atoms with van der Waals surface area (Å²) >= 11 is 1.57. The van der Waals surface area contributed by atoms with E-state index in [0.717, 1.165) is 10.6 Å². The molecule has 24 heavy (non-hydrogen) atoms. The number of hydrogen-bond acceptors (Lipinski definition) is 6. The van der Waals surface area contributed by atoms with E-state index in [1.807, 2.05) is 24.4 Å². The maximum absolute atomic E-state index is 11.9. The third kappa shape index (κ3) is 5.52. The standard InChI is InChI=1S/C16H23N3O4S/c1-3-22-16(21)19-8-6-13(7-9-19)17-15(20)11-23-18-12(2)14-5-4-10-24-14/h4-5,10,13H,3,6-9,11H2,1-2H3,(H,17,20)/b18-12-. The van der Waals surface area contributed by atoms with Crippen molar-refractivity contribution in [1.82, 2.24) is 10.2 Å². The van der Waals surface area contributed by atoms with E-state index in [9.17, 15) is 9.59 Å². The number of hydrogen-bond donors (Lipinski definition) is 1. The van der Waals surface area contributed by atoms with Crippen molar-refractivity contribution >= 4 is 29.0 Å². The summed E-state index contributed by atoms with van der Waals surface area (Å²) in [5.74, 6) is -0.202. The van der Waals surface area contributed by atoms with Crippen LogP contribution in [0.25, 0.3) is 0 Å². The minimum Gasteiger partial charge on any atom is -0.450 e. The fourth-order valence-electron chi connectivity index (χ4n) is 2.41. The molecule has 0 bridgehead atoms. The number of nitrogens with zero attached hydrogens (tertiary/aromatic N) is 2. The molecule has 8 heteroatoms. The molecule has 1 saturated heterocycles. The lowest BCUT2D eigenvalue weighted by Gasteiger charge is -2.31. The number of rotatable bonds is 6. The topological polar surface area (TPSA) is 80.2 Å². The summed E-state index contributed by atoms with van der Waals surface area (Å²) in [5.41, 5.74) is 0.751. The third-order valence-electron chi connectivity index (χ3n) is 3.66. The summed E-state index contributed by atoms with van der Waals surface area (Å²) in [5, 5.41) is 8.82. The van der Waals surface area contributed by atoms with Gasteiger partial charge in [0.2, 0.25) is 0 Å². The monoisotopic (exact) mass is 353 g/mol. The van der Waals surface area contributed by atoms with Crippen LogP contribution in [0.1, 0.15) is 31.6 Å². The van der Waals surface area contributed by atoms with E-state index in [2.05, 4.69) is 10.5 Å². The van der Waals surface area contributed by atoms with Gasteiger partial charge in [-0.25, -0.2) is 4.79 Å². The Hall–Kier alpha value is -2.09. The molecule has 0 radical (unpaired) electrons. The number of carbonyl (C=O) groups excluding carboxylic acids is 2. The number of ether oxygens (including phenoxy) is 1. The van der Waals surface area contributed by atoms with Gasteiger partial charge in [-0.3, -0.25) is 4.79 Å². The zero-order valence-corrected chi connectivity index (χ0v) is 14.8. The second-order valence-corrected chi connectivity index (χ2v) is 6.40. The highest BCUT2D eigenvalue weighted by Crippen LogP contribution is 2.12. The highest BCUT2D eigenvalue weighted by Gasteiger charge is 2.24. The molecule has 0 saturated carbocycles. The molecule has 1 aliphatic rings. The fraction of sp³-hybridized carbons (Fsp3) is 0.562. The van der Waals surface area contributed by atoms with Crippen molar-refractivity contribution in [2.45, 2.75) is 32.7 Å². The molecule has 2 rings (SSSR count). The lowest BCUT2D eigenvalue weighted by atomic mass is 10.1. The van der Waals surface area contributed by atoms with E-state index >= 15 is 0 Å². The van der Waals surface area contributed by atoms with Crippen molar-refractivity contribution in [3.05, 3.63) is 22.4 Å². The van der Waals surface area contributed by atoms with Gasteiger partial charge in [-0.2, -0.15) is 0 Å². The second-order valence-electron chi connectivity index (χ2n) is 5.46. The van der Waals surface area contributed by atoms with Gasteiger partial charge in [0.15, 0.2) is 6.61 Å². The van der Waals surface area contributed by atoms with E-state index < -0.39 is 0 Å². The minimum atomic E-state index is -0.288. The molecule has 1 fully saturated rings. The molecule has 0 unspecified atom stereocenters. The molecule has 1 aromatic rings. The Labute approximate surface area is 145 Å². The Morgan fingerprint density at radius 3 is 2.79 bits per heavy atom. The molecule has 2 amide bonds. The molecule has 0 atom stereocenters. The van der Waals surface area contributed by atoms with Crippen LogP contribution in [0.3, 0.4) is 0 Å². The Kier molecular flexibility index (Phi) is 7.05. The number of likely N-dealkylation sites (tertiary alicyclic amines) is 1. The van der Waals surface area contributed by atoms with Gasteiger partial charge in [0.05, 0.1) is 17.2 Å². The van der Waals surface area contributed by atoms with Crippen LogP contribution in [0, 0.1) is 0 Å². The van der Waals surface area contributed by atoms with Crippen LogP contribution in [0.15, 0.2) is 22.7 Å². The molecule has 1 aromatic heterocycles. The van der Waals surface area contributed by atoms with Crippen LogP contribution in [0.5, 0.6) is 0 Å². The van der Waals surface area contributed by atoms with Crippen LogP contribution in [-0.2, 0) is 14.4 Å². The van der Waals surface area contributed by atoms with Crippen LogP contribution >= 0.6 is 11.3 Å². The lowest BCUT2D eigenvalue weighted by molar-refractivity contribution is -0.126. The number of nitrogens with one attached hydrogen (secondary N) is 1.